The lowest BCUT2D eigenvalue weighted by molar-refractivity contribution is -0.117. The van der Waals surface area contributed by atoms with Gasteiger partial charge in [-0.3, -0.25) is 4.79 Å². The van der Waals surface area contributed by atoms with Gasteiger partial charge in [0.15, 0.2) is 0 Å². The Morgan fingerprint density at radius 1 is 1.65 bits per heavy atom. The van der Waals surface area contributed by atoms with Crippen LogP contribution in [0.15, 0.2) is 22.7 Å². The number of amides is 1. The minimum Gasteiger partial charge on any atom is -0.385 e. The molecule has 94 valence electrons. The number of rotatable bonds is 5. The fourth-order valence-corrected chi connectivity index (χ4v) is 2.59. The highest BCUT2D eigenvalue weighted by Gasteiger charge is 2.14. The van der Waals surface area contributed by atoms with Gasteiger partial charge in [-0.25, -0.2) is 0 Å². The van der Waals surface area contributed by atoms with E-state index in [1.165, 1.54) is 0 Å². The van der Waals surface area contributed by atoms with Gasteiger partial charge in [-0.2, -0.15) is 0 Å². The molecular weight excluding hydrogens is 399 g/mol. The molecule has 0 aromatic heterocycles. The molecule has 0 saturated carbocycles. The quantitative estimate of drug-likeness (QED) is 0.729. The zero-order valence-corrected chi connectivity index (χ0v) is 13.1. The summed E-state index contributed by atoms with van der Waals surface area (Å²) >= 11 is 5.60. The van der Waals surface area contributed by atoms with Crippen LogP contribution in [0.3, 0.4) is 0 Å². The van der Waals surface area contributed by atoms with Gasteiger partial charge in [0.25, 0.3) is 0 Å². The molecule has 1 amide bonds. The number of ether oxygens (including phenoxy) is 1. The second-order valence-corrected chi connectivity index (χ2v) is 5.60. The highest BCUT2D eigenvalue weighted by molar-refractivity contribution is 14.1. The monoisotopic (exact) mass is 412 g/mol. The van der Waals surface area contributed by atoms with E-state index in [0.717, 1.165) is 13.7 Å². The molecular formula is C11H14BrIN2O2. The summed E-state index contributed by atoms with van der Waals surface area (Å²) in [5.41, 5.74) is 6.45. The molecule has 0 spiro atoms. The molecule has 3 N–H and O–H groups in total. The zero-order valence-electron chi connectivity index (χ0n) is 9.37. The minimum atomic E-state index is -0.555. The third-order valence-electron chi connectivity index (χ3n) is 2.16. The Morgan fingerprint density at radius 2 is 2.35 bits per heavy atom. The second-order valence-electron chi connectivity index (χ2n) is 3.50. The van der Waals surface area contributed by atoms with Crippen molar-refractivity contribution in [2.45, 2.75) is 12.5 Å². The van der Waals surface area contributed by atoms with Gasteiger partial charge in [-0.05, 0) is 63.1 Å². The van der Waals surface area contributed by atoms with Crippen molar-refractivity contribution < 1.29 is 9.53 Å². The van der Waals surface area contributed by atoms with Gasteiger partial charge < -0.3 is 15.8 Å². The standard InChI is InChI=1S/C11H14BrIN2O2/c1-17-5-4-9(14)11(16)15-10-3-2-7(13)6-8(10)12/h2-3,6,9H,4-5,14H2,1H3,(H,15,16). The van der Waals surface area contributed by atoms with E-state index in [1.807, 2.05) is 18.2 Å². The van der Waals surface area contributed by atoms with Crippen LogP contribution in [0.4, 0.5) is 5.69 Å². The second kappa shape index (κ2) is 7.30. The molecule has 0 radical (unpaired) electrons. The Labute approximate surface area is 123 Å². The van der Waals surface area contributed by atoms with Gasteiger partial charge >= 0.3 is 0 Å². The van der Waals surface area contributed by atoms with Crippen LogP contribution in [0.25, 0.3) is 0 Å². The lowest BCUT2D eigenvalue weighted by Crippen LogP contribution is -2.36. The molecule has 0 aliphatic carbocycles. The molecule has 1 rings (SSSR count). The maximum absolute atomic E-state index is 11.7. The number of halogens is 2. The van der Waals surface area contributed by atoms with Crippen LogP contribution in [0.5, 0.6) is 0 Å². The number of nitrogens with two attached hydrogens (primary N) is 1. The number of hydrogen-bond acceptors (Lipinski definition) is 3. The molecule has 1 aromatic carbocycles. The Kier molecular flexibility index (Phi) is 6.39. The Morgan fingerprint density at radius 3 is 2.94 bits per heavy atom. The van der Waals surface area contributed by atoms with Crippen molar-refractivity contribution in [2.75, 3.05) is 19.0 Å². The van der Waals surface area contributed by atoms with Crippen LogP contribution in [-0.2, 0) is 9.53 Å². The van der Waals surface area contributed by atoms with E-state index >= 15 is 0 Å². The molecule has 0 aliphatic rings. The number of anilines is 1. The van der Waals surface area contributed by atoms with E-state index in [-0.39, 0.29) is 5.91 Å². The smallest absolute Gasteiger partial charge is 0.241 e. The molecule has 0 fully saturated rings. The summed E-state index contributed by atoms with van der Waals surface area (Å²) < 4.78 is 6.82. The number of benzene rings is 1. The summed E-state index contributed by atoms with van der Waals surface area (Å²) in [6, 6.07) is 5.13. The molecule has 6 heteroatoms. The Balaban J connectivity index is 2.61. The normalized spacial score (nSPS) is 12.2. The fourth-order valence-electron chi connectivity index (χ4n) is 1.19. The largest absolute Gasteiger partial charge is 0.385 e. The van der Waals surface area contributed by atoms with Crippen LogP contribution in [0.1, 0.15) is 6.42 Å². The summed E-state index contributed by atoms with van der Waals surface area (Å²) in [5.74, 6) is -0.205. The number of carbonyl (C=O) groups excluding carboxylic acids is 1. The minimum absolute atomic E-state index is 0.205. The van der Waals surface area contributed by atoms with E-state index in [1.54, 1.807) is 7.11 Å². The van der Waals surface area contributed by atoms with Crippen molar-refractivity contribution in [1.82, 2.24) is 0 Å². The predicted octanol–water partition coefficient (Wildman–Crippen LogP) is 2.36. The van der Waals surface area contributed by atoms with Crippen LogP contribution in [0, 0.1) is 3.57 Å². The van der Waals surface area contributed by atoms with Crippen molar-refractivity contribution in [2.24, 2.45) is 5.73 Å². The molecule has 1 atom stereocenters. The molecule has 0 aliphatic heterocycles. The predicted molar refractivity (Wildman–Crippen MR) is 80.0 cm³/mol. The zero-order chi connectivity index (χ0) is 12.8. The first kappa shape index (κ1) is 14.9. The number of nitrogens with one attached hydrogen (secondary N) is 1. The van der Waals surface area contributed by atoms with Crippen LogP contribution < -0.4 is 11.1 Å². The van der Waals surface area contributed by atoms with Crippen molar-refractivity contribution in [3.8, 4) is 0 Å². The summed E-state index contributed by atoms with van der Waals surface area (Å²) in [7, 11) is 1.58. The van der Waals surface area contributed by atoms with Gasteiger partial charge in [0.05, 0.1) is 11.7 Å². The lowest BCUT2D eigenvalue weighted by atomic mass is 10.2. The maximum atomic E-state index is 11.7. The van der Waals surface area contributed by atoms with Gasteiger partial charge in [-0.15, -0.1) is 0 Å². The third kappa shape index (κ3) is 4.90. The fraction of sp³-hybridized carbons (Fsp3) is 0.364. The Bertz CT molecular complexity index is 401. The van der Waals surface area contributed by atoms with Gasteiger partial charge in [-0.1, -0.05) is 0 Å². The van der Waals surface area contributed by atoms with Gasteiger partial charge in [0.2, 0.25) is 5.91 Å². The molecule has 0 bridgehead atoms. The van der Waals surface area contributed by atoms with Crippen molar-refractivity contribution in [1.29, 1.82) is 0 Å². The first-order valence-corrected chi connectivity index (χ1v) is 6.92. The number of carbonyl (C=O) groups is 1. The van der Waals surface area contributed by atoms with Crippen molar-refractivity contribution in [3.63, 3.8) is 0 Å². The summed E-state index contributed by atoms with van der Waals surface area (Å²) in [6.07, 6.45) is 0.504. The van der Waals surface area contributed by atoms with E-state index in [9.17, 15) is 4.79 Å². The highest BCUT2D eigenvalue weighted by Crippen LogP contribution is 2.24. The van der Waals surface area contributed by atoms with Crippen molar-refractivity contribution >= 4 is 50.1 Å². The molecule has 4 nitrogen and oxygen atoms in total. The van der Waals surface area contributed by atoms with Crippen molar-refractivity contribution in [3.05, 3.63) is 26.2 Å². The van der Waals surface area contributed by atoms with Crippen LogP contribution >= 0.6 is 38.5 Å². The van der Waals surface area contributed by atoms with Crippen LogP contribution in [-0.4, -0.2) is 25.7 Å². The van der Waals surface area contributed by atoms with E-state index in [0.29, 0.717) is 13.0 Å². The Hall–Kier alpha value is -0.180. The number of hydrogen-bond donors (Lipinski definition) is 2. The number of methoxy groups -OCH3 is 1. The molecule has 17 heavy (non-hydrogen) atoms. The first-order valence-electron chi connectivity index (χ1n) is 5.05. The van der Waals surface area contributed by atoms with Crippen LogP contribution in [0.2, 0.25) is 0 Å². The molecule has 1 aromatic rings. The third-order valence-corrected chi connectivity index (χ3v) is 3.49. The molecule has 0 saturated heterocycles. The SMILES string of the molecule is COCCC(N)C(=O)Nc1ccc(I)cc1Br. The summed E-state index contributed by atoms with van der Waals surface area (Å²) in [6.45, 7) is 0.475. The maximum Gasteiger partial charge on any atom is 0.241 e. The average molecular weight is 413 g/mol. The summed E-state index contributed by atoms with van der Waals surface area (Å²) in [4.78, 5) is 11.7. The van der Waals surface area contributed by atoms with E-state index in [4.69, 9.17) is 10.5 Å². The highest BCUT2D eigenvalue weighted by atomic mass is 127. The first-order chi connectivity index (χ1) is 8.04. The molecule has 0 heterocycles. The summed E-state index contributed by atoms with van der Waals surface area (Å²) in [5, 5.41) is 2.78. The average Bonchev–Trinajstić information content (AvgIpc) is 2.29. The van der Waals surface area contributed by atoms with E-state index in [2.05, 4.69) is 43.8 Å². The molecule has 1 unspecified atom stereocenters. The van der Waals surface area contributed by atoms with E-state index < -0.39 is 6.04 Å². The topological polar surface area (TPSA) is 64.3 Å². The lowest BCUT2D eigenvalue weighted by Gasteiger charge is -2.12. The van der Waals surface area contributed by atoms with Gasteiger partial charge in [0, 0.05) is 21.8 Å². The van der Waals surface area contributed by atoms with Gasteiger partial charge in [0.1, 0.15) is 0 Å².